The molecule has 1 radical (unpaired) electrons. The number of aromatic nitrogens is 2. The summed E-state index contributed by atoms with van der Waals surface area (Å²) in [5, 5.41) is 2.19. The number of pyridine rings is 2. The molecular weight excluding hydrogens is 897 g/mol. The Labute approximate surface area is 337 Å². The molecule has 1 unspecified atom stereocenters. The van der Waals surface area contributed by atoms with Gasteiger partial charge in [0.2, 0.25) is 0 Å². The van der Waals surface area contributed by atoms with Gasteiger partial charge in [0.05, 0.1) is 17.5 Å². The van der Waals surface area contributed by atoms with Crippen molar-refractivity contribution in [1.29, 1.82) is 0 Å². The fraction of sp³-hybridized carbons (Fsp3) is 0.102. The van der Waals surface area contributed by atoms with Crippen LogP contribution in [-0.2, 0) is 20.1 Å². The van der Waals surface area contributed by atoms with E-state index in [0.717, 1.165) is 61.1 Å². The molecule has 54 heavy (non-hydrogen) atoms. The van der Waals surface area contributed by atoms with E-state index in [1.807, 2.05) is 39.6 Å². The van der Waals surface area contributed by atoms with E-state index in [1.54, 1.807) is 0 Å². The van der Waals surface area contributed by atoms with Gasteiger partial charge in [0.15, 0.2) is 0 Å². The average Bonchev–Trinajstić information content (AvgIpc) is 3.54. The van der Waals surface area contributed by atoms with E-state index in [1.165, 1.54) is 21.1 Å². The summed E-state index contributed by atoms with van der Waals surface area (Å²) in [4.78, 5) is 0. The van der Waals surface area contributed by atoms with Crippen molar-refractivity contribution >= 4 is 39.6 Å². The number of nitrogens with zero attached hydrogens (tertiary/aromatic N) is 2. The summed E-state index contributed by atoms with van der Waals surface area (Å²) in [5.74, 6) is 7.44. The average molecular weight is 944 g/mol. The zero-order chi connectivity index (χ0) is 37.3. The van der Waals surface area contributed by atoms with Crippen molar-refractivity contribution in [3.05, 3.63) is 202 Å². The van der Waals surface area contributed by atoms with Gasteiger partial charge in [-0.15, -0.1) is 6.07 Å². The normalized spacial score (nSPS) is 11.8. The van der Waals surface area contributed by atoms with E-state index in [0.29, 0.717) is 0 Å². The minimum Gasteiger partial charge on any atom is 0 e. The molecule has 0 saturated heterocycles. The molecular formula is C49H46GeIrN2O-2. The van der Waals surface area contributed by atoms with Crippen LogP contribution < -0.4 is 13.5 Å². The van der Waals surface area contributed by atoms with Gasteiger partial charge in [-0.25, -0.2) is 0 Å². The molecule has 0 fully saturated rings. The van der Waals surface area contributed by atoms with Crippen LogP contribution in [-0.4, -0.2) is 13.3 Å². The largest absolute Gasteiger partial charge is 0 e. The summed E-state index contributed by atoms with van der Waals surface area (Å²) < 4.78 is 11.9. The standard InChI is InChI=1S/C33H26NO.C16H20GeN.Ir/c1-22-14-16-29-28-17-15-27(25-12-8-5-9-13-25)21-31(28)35-33(29)32(22)30-20-26(18-19-34(30)3)23(2)24-10-6-4-7-11-24;1-13-8-6-7-9-15(13)16-11-10-14(12-18(16)5)17(2,3)4;/h4-21,23H,1,3H2,2H3;6-12H,1,5H2,2-4H3;/q2*-1;. The molecule has 0 spiro atoms. The van der Waals surface area contributed by atoms with Crippen molar-refractivity contribution in [2.75, 3.05) is 0 Å². The maximum atomic E-state index is 6.54. The second-order valence-corrected chi connectivity index (χ2v) is 25.4. The Balaban J connectivity index is 0.000000222. The third-order valence-corrected chi connectivity index (χ3v) is 14.4. The monoisotopic (exact) mass is 945 g/mol. The predicted octanol–water partition coefficient (Wildman–Crippen LogP) is 11.2. The van der Waals surface area contributed by atoms with Crippen LogP contribution in [0.4, 0.5) is 0 Å². The molecule has 0 aliphatic rings. The van der Waals surface area contributed by atoms with Gasteiger partial charge in [0, 0.05) is 43.8 Å². The van der Waals surface area contributed by atoms with E-state index < -0.39 is 13.3 Å². The fourth-order valence-corrected chi connectivity index (χ4v) is 9.30. The molecule has 0 aliphatic carbocycles. The summed E-state index contributed by atoms with van der Waals surface area (Å²) in [6.07, 6.45) is 4.21. The van der Waals surface area contributed by atoms with Gasteiger partial charge in [-0.2, -0.15) is 18.6 Å². The molecule has 3 aromatic heterocycles. The van der Waals surface area contributed by atoms with E-state index in [-0.39, 0.29) is 26.0 Å². The topological polar surface area (TPSA) is 20.9 Å². The molecule has 273 valence electrons. The third kappa shape index (κ3) is 7.88. The summed E-state index contributed by atoms with van der Waals surface area (Å²) in [6, 6.07) is 48.6. The van der Waals surface area contributed by atoms with E-state index in [2.05, 4.69) is 174 Å². The smallest absolute Gasteiger partial charge is 0 e. The van der Waals surface area contributed by atoms with Gasteiger partial charge in [0.1, 0.15) is 5.58 Å². The van der Waals surface area contributed by atoms with Crippen molar-refractivity contribution in [3.8, 4) is 33.6 Å². The number of furan rings is 1. The minimum atomic E-state index is -1.78. The Kier molecular flexibility index (Phi) is 11.5. The zero-order valence-corrected chi connectivity index (χ0v) is 36.0. The summed E-state index contributed by atoms with van der Waals surface area (Å²) in [5.41, 5.74) is 12.7. The van der Waals surface area contributed by atoms with Crippen LogP contribution in [0.25, 0.3) is 55.6 Å². The van der Waals surface area contributed by atoms with Gasteiger partial charge in [-0.3, -0.25) is 0 Å². The Morgan fingerprint density at radius 3 is 1.94 bits per heavy atom. The molecule has 0 bridgehead atoms. The number of hydrogen-bond acceptors (Lipinski definition) is 1. The quantitative estimate of drug-likeness (QED) is 0.0924. The first-order chi connectivity index (χ1) is 25.5. The molecule has 0 N–H and O–H groups in total. The third-order valence-electron chi connectivity index (χ3n) is 10.1. The molecule has 0 aliphatic heterocycles. The maximum Gasteiger partial charge on any atom is 0 e. The molecule has 3 nitrogen and oxygen atoms in total. The van der Waals surface area contributed by atoms with Crippen LogP contribution >= 0.6 is 0 Å². The SMILES string of the molecule is [CH2-]c1ccc2c(oc3cc(-c4ccccc4)ccc32)c1-c1cc(C(C)c2ccccc2)cc[n+]1[CH2-].[CH2-]c1ccccc1-c1cc[c]([Ge]([CH3])([CH3])[CH3])c[n+]1[CH2-].[Ir]. The number of rotatable bonds is 6. The fourth-order valence-electron chi connectivity index (χ4n) is 6.94. The van der Waals surface area contributed by atoms with Gasteiger partial charge in [0.25, 0.3) is 0 Å². The minimum absolute atomic E-state index is 0. The van der Waals surface area contributed by atoms with E-state index >= 15 is 0 Å². The Morgan fingerprint density at radius 2 is 1.26 bits per heavy atom. The first-order valence-electron chi connectivity index (χ1n) is 18.1. The van der Waals surface area contributed by atoms with Gasteiger partial charge in [-0.05, 0) is 28.8 Å². The summed E-state index contributed by atoms with van der Waals surface area (Å²) in [7, 11) is 8.40. The van der Waals surface area contributed by atoms with Crippen molar-refractivity contribution in [2.45, 2.75) is 30.1 Å². The molecule has 8 rings (SSSR count). The molecule has 0 saturated carbocycles. The Morgan fingerprint density at radius 1 is 0.593 bits per heavy atom. The molecule has 0 amide bonds. The Bertz CT molecular complexity index is 2550. The van der Waals surface area contributed by atoms with E-state index in [4.69, 9.17) is 4.42 Å². The van der Waals surface area contributed by atoms with Crippen molar-refractivity contribution in [2.24, 2.45) is 0 Å². The van der Waals surface area contributed by atoms with Gasteiger partial charge >= 0.3 is 113 Å². The number of fused-ring (bicyclic) bond motifs is 3. The van der Waals surface area contributed by atoms with Crippen LogP contribution in [0.3, 0.4) is 0 Å². The summed E-state index contributed by atoms with van der Waals surface area (Å²) >= 11 is -1.78. The van der Waals surface area contributed by atoms with Crippen LogP contribution in [0.5, 0.6) is 0 Å². The van der Waals surface area contributed by atoms with Crippen LogP contribution in [0, 0.1) is 27.9 Å². The van der Waals surface area contributed by atoms with Crippen LogP contribution in [0.2, 0.25) is 17.3 Å². The number of hydrogen-bond donors (Lipinski definition) is 0. The van der Waals surface area contributed by atoms with E-state index in [9.17, 15) is 0 Å². The predicted molar refractivity (Wildman–Crippen MR) is 224 cm³/mol. The Hall–Kier alpha value is -5.13. The first-order valence-corrected chi connectivity index (χ1v) is 25.4. The zero-order valence-electron chi connectivity index (χ0n) is 31.5. The maximum absolute atomic E-state index is 6.54. The van der Waals surface area contributed by atoms with Crippen molar-refractivity contribution < 1.29 is 33.7 Å². The number of benzene rings is 5. The second kappa shape index (κ2) is 16.1. The van der Waals surface area contributed by atoms with Crippen LogP contribution in [0.1, 0.15) is 35.1 Å². The van der Waals surface area contributed by atoms with Gasteiger partial charge in [-0.1, -0.05) is 96.9 Å². The van der Waals surface area contributed by atoms with Crippen molar-refractivity contribution in [1.82, 2.24) is 0 Å². The molecule has 5 aromatic carbocycles. The summed E-state index contributed by atoms with van der Waals surface area (Å²) in [6.45, 7) is 10.7. The molecule has 3 heterocycles. The van der Waals surface area contributed by atoms with Gasteiger partial charge < -0.3 is 8.98 Å². The molecule has 1 atom stereocenters. The molecule has 8 aromatic rings. The molecule has 5 heteroatoms. The van der Waals surface area contributed by atoms with Crippen LogP contribution in [0.15, 0.2) is 156 Å². The first kappa shape index (κ1) is 38.6. The van der Waals surface area contributed by atoms with Crippen molar-refractivity contribution in [3.63, 3.8) is 0 Å². The second-order valence-electron chi connectivity index (χ2n) is 14.8.